The van der Waals surface area contributed by atoms with Crippen LogP contribution in [0.5, 0.6) is 11.5 Å². The molecule has 2 aromatic carbocycles. The molecule has 0 bridgehead atoms. The lowest BCUT2D eigenvalue weighted by Gasteiger charge is -2.37. The van der Waals surface area contributed by atoms with Gasteiger partial charge in [0.2, 0.25) is 0 Å². The molecule has 6 nitrogen and oxygen atoms in total. The van der Waals surface area contributed by atoms with Crippen LogP contribution < -0.4 is 14.4 Å². The minimum Gasteiger partial charge on any atom is -0.486 e. The highest BCUT2D eigenvalue weighted by molar-refractivity contribution is 5.49. The molecule has 2 heterocycles. The Morgan fingerprint density at radius 2 is 1.78 bits per heavy atom. The molecule has 0 radical (unpaired) electrons. The zero-order valence-electron chi connectivity index (χ0n) is 17.6. The van der Waals surface area contributed by atoms with Gasteiger partial charge in [0.15, 0.2) is 17.6 Å². The van der Waals surface area contributed by atoms with Crippen LogP contribution in [0.4, 0.5) is 18.9 Å². The number of piperazine rings is 1. The van der Waals surface area contributed by atoms with Gasteiger partial charge >= 0.3 is 6.18 Å². The standard InChI is InChI=1S/C23H27F3N2O4/c24-23(25,26)17-4-3-5-18(12-17)28-10-8-27(9-11-28)13-19(29)14-30-15-20-16-31-21-6-1-2-7-22(21)32-20/h1-7,12,19-20,29H,8-11,13-16H2/t19-,20-/m0/s1. The molecule has 0 amide bonds. The maximum Gasteiger partial charge on any atom is 0.416 e. The number of hydrogen-bond donors (Lipinski definition) is 1. The summed E-state index contributed by atoms with van der Waals surface area (Å²) in [5.74, 6) is 1.40. The van der Waals surface area contributed by atoms with Crippen molar-refractivity contribution < 1.29 is 32.5 Å². The van der Waals surface area contributed by atoms with E-state index in [4.69, 9.17) is 14.2 Å². The summed E-state index contributed by atoms with van der Waals surface area (Å²) in [5.41, 5.74) is -0.0690. The highest BCUT2D eigenvalue weighted by Gasteiger charge is 2.31. The van der Waals surface area contributed by atoms with E-state index in [0.29, 0.717) is 63.1 Å². The maximum atomic E-state index is 12.9. The number of anilines is 1. The Labute approximate surface area is 185 Å². The third kappa shape index (κ3) is 5.85. The third-order valence-corrected chi connectivity index (χ3v) is 5.56. The zero-order valence-corrected chi connectivity index (χ0v) is 17.6. The molecule has 9 heteroatoms. The summed E-state index contributed by atoms with van der Waals surface area (Å²) >= 11 is 0. The van der Waals surface area contributed by atoms with Gasteiger partial charge in [-0.3, -0.25) is 4.90 Å². The lowest BCUT2D eigenvalue weighted by atomic mass is 10.1. The summed E-state index contributed by atoms with van der Waals surface area (Å²) in [6.07, 6.45) is -5.24. The molecule has 0 aliphatic carbocycles. The van der Waals surface area contributed by atoms with Crippen LogP contribution in [0, 0.1) is 0 Å². The number of aliphatic hydroxyl groups is 1. The number of rotatable bonds is 7. The molecule has 1 N–H and O–H groups in total. The van der Waals surface area contributed by atoms with E-state index < -0.39 is 17.8 Å². The monoisotopic (exact) mass is 452 g/mol. The van der Waals surface area contributed by atoms with Gasteiger partial charge in [-0.15, -0.1) is 0 Å². The number of fused-ring (bicyclic) bond motifs is 1. The fourth-order valence-electron chi connectivity index (χ4n) is 3.90. The number of nitrogens with zero attached hydrogens (tertiary/aromatic N) is 2. The number of alkyl halides is 3. The molecule has 1 saturated heterocycles. The number of β-amino-alcohol motifs (C(OH)–C–C–N with tert-alkyl or cyclic N) is 1. The van der Waals surface area contributed by atoms with Crippen molar-refractivity contribution in [1.82, 2.24) is 4.90 Å². The first-order chi connectivity index (χ1) is 15.4. The number of halogens is 3. The molecule has 2 aliphatic rings. The SMILES string of the molecule is O[C@H](COC[C@H]1COc2ccccc2O1)CN1CCN(c2cccc(C(F)(F)F)c2)CC1. The Bertz CT molecular complexity index is 888. The highest BCUT2D eigenvalue weighted by Crippen LogP contribution is 2.32. The normalized spacial score (nSPS) is 20.2. The summed E-state index contributed by atoms with van der Waals surface area (Å²) in [6, 6.07) is 12.9. The largest absolute Gasteiger partial charge is 0.486 e. The average Bonchev–Trinajstić information content (AvgIpc) is 2.79. The second-order valence-corrected chi connectivity index (χ2v) is 8.02. The second kappa shape index (κ2) is 9.97. The van der Waals surface area contributed by atoms with Gasteiger partial charge in [-0.05, 0) is 30.3 Å². The van der Waals surface area contributed by atoms with Crippen LogP contribution in [0.2, 0.25) is 0 Å². The number of benzene rings is 2. The third-order valence-electron chi connectivity index (χ3n) is 5.56. The van der Waals surface area contributed by atoms with E-state index >= 15 is 0 Å². The molecule has 2 aliphatic heterocycles. The topological polar surface area (TPSA) is 54.4 Å². The quantitative estimate of drug-likeness (QED) is 0.697. The molecule has 0 unspecified atom stereocenters. The minimum absolute atomic E-state index is 0.176. The van der Waals surface area contributed by atoms with Crippen molar-refractivity contribution >= 4 is 5.69 Å². The van der Waals surface area contributed by atoms with Gasteiger partial charge in [-0.25, -0.2) is 0 Å². The van der Waals surface area contributed by atoms with Gasteiger partial charge in [0, 0.05) is 38.4 Å². The van der Waals surface area contributed by atoms with E-state index in [1.807, 2.05) is 29.2 Å². The first kappa shape index (κ1) is 22.7. The number of aliphatic hydroxyl groups excluding tert-OH is 1. The van der Waals surface area contributed by atoms with E-state index in [9.17, 15) is 18.3 Å². The van der Waals surface area contributed by atoms with E-state index in [-0.39, 0.29) is 12.7 Å². The van der Waals surface area contributed by atoms with Gasteiger partial charge in [0.1, 0.15) is 6.61 Å². The van der Waals surface area contributed by atoms with Gasteiger partial charge in [-0.2, -0.15) is 13.2 Å². The Balaban J connectivity index is 1.16. The summed E-state index contributed by atoms with van der Waals surface area (Å²) in [5, 5.41) is 10.3. The molecule has 1 fully saturated rings. The molecule has 2 aromatic rings. The molecular weight excluding hydrogens is 425 g/mol. The van der Waals surface area contributed by atoms with Crippen molar-refractivity contribution in [2.75, 3.05) is 57.4 Å². The first-order valence-electron chi connectivity index (χ1n) is 10.7. The highest BCUT2D eigenvalue weighted by atomic mass is 19.4. The molecule has 0 aromatic heterocycles. The van der Waals surface area contributed by atoms with Crippen molar-refractivity contribution in [2.24, 2.45) is 0 Å². The second-order valence-electron chi connectivity index (χ2n) is 8.02. The van der Waals surface area contributed by atoms with Crippen LogP contribution in [-0.4, -0.2) is 74.8 Å². The van der Waals surface area contributed by atoms with Gasteiger partial charge in [0.05, 0.1) is 24.9 Å². The molecule has 0 saturated carbocycles. The van der Waals surface area contributed by atoms with E-state index in [1.165, 1.54) is 12.1 Å². The lowest BCUT2D eigenvalue weighted by Crippen LogP contribution is -2.49. The van der Waals surface area contributed by atoms with E-state index in [1.54, 1.807) is 6.07 Å². The van der Waals surface area contributed by atoms with E-state index in [0.717, 1.165) is 6.07 Å². The smallest absolute Gasteiger partial charge is 0.416 e. The average molecular weight is 452 g/mol. The molecule has 32 heavy (non-hydrogen) atoms. The fourth-order valence-corrected chi connectivity index (χ4v) is 3.90. The Morgan fingerprint density at radius 1 is 1.03 bits per heavy atom. The van der Waals surface area contributed by atoms with E-state index in [2.05, 4.69) is 4.90 Å². The first-order valence-corrected chi connectivity index (χ1v) is 10.7. The van der Waals surface area contributed by atoms with Crippen LogP contribution in [0.3, 0.4) is 0 Å². The van der Waals surface area contributed by atoms with Gasteiger partial charge < -0.3 is 24.2 Å². The number of ether oxygens (including phenoxy) is 3. The zero-order chi connectivity index (χ0) is 22.6. The van der Waals surface area contributed by atoms with Crippen molar-refractivity contribution in [1.29, 1.82) is 0 Å². The summed E-state index contributed by atoms with van der Waals surface area (Å²) < 4.78 is 55.9. The van der Waals surface area contributed by atoms with Crippen LogP contribution in [-0.2, 0) is 10.9 Å². The Morgan fingerprint density at radius 3 is 2.53 bits per heavy atom. The maximum absolute atomic E-state index is 12.9. The summed E-state index contributed by atoms with van der Waals surface area (Å²) in [7, 11) is 0. The Kier molecular flexibility index (Phi) is 7.07. The molecule has 174 valence electrons. The molecular formula is C23H27F3N2O4. The molecule has 0 spiro atoms. The van der Waals surface area contributed by atoms with Crippen molar-refractivity contribution in [2.45, 2.75) is 18.4 Å². The predicted molar refractivity (Wildman–Crippen MR) is 113 cm³/mol. The van der Waals surface area contributed by atoms with Crippen molar-refractivity contribution in [3.05, 3.63) is 54.1 Å². The summed E-state index contributed by atoms with van der Waals surface area (Å²) in [4.78, 5) is 4.03. The predicted octanol–water partition coefficient (Wildman–Crippen LogP) is 3.04. The van der Waals surface area contributed by atoms with Crippen LogP contribution >= 0.6 is 0 Å². The fraction of sp³-hybridized carbons (Fsp3) is 0.478. The van der Waals surface area contributed by atoms with Crippen molar-refractivity contribution in [3.63, 3.8) is 0 Å². The minimum atomic E-state index is -4.35. The Hall–Kier alpha value is -2.49. The van der Waals surface area contributed by atoms with Crippen LogP contribution in [0.15, 0.2) is 48.5 Å². The number of hydrogen-bond acceptors (Lipinski definition) is 6. The molecule has 2 atom stereocenters. The van der Waals surface area contributed by atoms with Gasteiger partial charge in [0.25, 0.3) is 0 Å². The summed E-state index contributed by atoms with van der Waals surface area (Å²) in [6.45, 7) is 3.84. The van der Waals surface area contributed by atoms with Crippen LogP contribution in [0.25, 0.3) is 0 Å². The van der Waals surface area contributed by atoms with Crippen molar-refractivity contribution in [3.8, 4) is 11.5 Å². The van der Waals surface area contributed by atoms with Crippen LogP contribution in [0.1, 0.15) is 5.56 Å². The van der Waals surface area contributed by atoms with Gasteiger partial charge in [-0.1, -0.05) is 18.2 Å². The molecule has 4 rings (SSSR count). The lowest BCUT2D eigenvalue weighted by molar-refractivity contribution is -0.137. The number of para-hydroxylation sites is 2.